The van der Waals surface area contributed by atoms with Crippen LogP contribution in [0, 0.1) is 6.92 Å². The number of aromatic nitrogens is 2. The van der Waals surface area contributed by atoms with E-state index >= 15 is 0 Å². The van der Waals surface area contributed by atoms with Crippen molar-refractivity contribution in [1.82, 2.24) is 15.5 Å². The summed E-state index contributed by atoms with van der Waals surface area (Å²) in [5, 5.41) is 6.77. The highest BCUT2D eigenvalue weighted by Crippen LogP contribution is 2.23. The Kier molecular flexibility index (Phi) is 4.33. The summed E-state index contributed by atoms with van der Waals surface area (Å²) in [6, 6.07) is 8.53. The fourth-order valence-electron chi connectivity index (χ4n) is 2.25. The molecule has 0 aliphatic carbocycles. The summed E-state index contributed by atoms with van der Waals surface area (Å²) in [5.74, 6) is 1.76. The first-order chi connectivity index (χ1) is 11.6. The number of carbonyl (C=O) groups is 1. The molecule has 124 valence electrons. The molecule has 0 bridgehead atoms. The highest BCUT2D eigenvalue weighted by atomic mass is 16.5. The van der Waals surface area contributed by atoms with Crippen molar-refractivity contribution in [2.24, 2.45) is 0 Å². The van der Waals surface area contributed by atoms with Crippen molar-refractivity contribution < 1.29 is 18.5 Å². The number of ether oxygens (including phenoxy) is 1. The number of aryl methyl sites for hydroxylation is 1. The predicted molar refractivity (Wildman–Crippen MR) is 85.6 cm³/mol. The minimum Gasteiger partial charge on any atom is -0.497 e. The first-order valence-corrected chi connectivity index (χ1v) is 7.41. The molecule has 1 aromatic carbocycles. The number of amides is 1. The number of benzene rings is 1. The molecule has 0 radical (unpaired) electrons. The van der Waals surface area contributed by atoms with Crippen LogP contribution in [0.4, 0.5) is 0 Å². The molecule has 0 saturated carbocycles. The molecular formula is C17H17N3O4. The Morgan fingerprint density at radius 1 is 1.33 bits per heavy atom. The third-order valence-corrected chi connectivity index (χ3v) is 3.59. The maximum Gasteiger partial charge on any atom is 0.255 e. The molecule has 0 aliphatic heterocycles. The minimum absolute atomic E-state index is 0.255. The molecular weight excluding hydrogens is 310 g/mol. The van der Waals surface area contributed by atoms with Gasteiger partial charge in [0.2, 0.25) is 11.7 Å². The monoisotopic (exact) mass is 327 g/mol. The van der Waals surface area contributed by atoms with Gasteiger partial charge in [-0.1, -0.05) is 17.3 Å². The first kappa shape index (κ1) is 15.8. The molecule has 24 heavy (non-hydrogen) atoms. The molecule has 3 rings (SSSR count). The van der Waals surface area contributed by atoms with Crippen LogP contribution in [-0.2, 0) is 0 Å². The van der Waals surface area contributed by atoms with Crippen molar-refractivity contribution in [3.05, 3.63) is 53.8 Å². The Balaban J connectivity index is 1.75. The fourth-order valence-corrected chi connectivity index (χ4v) is 2.25. The van der Waals surface area contributed by atoms with Crippen molar-refractivity contribution in [3.63, 3.8) is 0 Å². The highest BCUT2D eigenvalue weighted by Gasteiger charge is 2.20. The Labute approximate surface area is 138 Å². The molecule has 1 N–H and O–H groups in total. The average Bonchev–Trinajstić information content (AvgIpc) is 3.24. The number of nitrogens with zero attached hydrogens (tertiary/aromatic N) is 2. The van der Waals surface area contributed by atoms with Crippen LogP contribution >= 0.6 is 0 Å². The zero-order valence-electron chi connectivity index (χ0n) is 13.6. The van der Waals surface area contributed by atoms with E-state index in [2.05, 4.69) is 15.5 Å². The van der Waals surface area contributed by atoms with Gasteiger partial charge in [0.25, 0.3) is 5.91 Å². The number of furan rings is 1. The first-order valence-electron chi connectivity index (χ1n) is 7.41. The van der Waals surface area contributed by atoms with Crippen molar-refractivity contribution in [1.29, 1.82) is 0 Å². The van der Waals surface area contributed by atoms with Crippen molar-refractivity contribution in [2.45, 2.75) is 19.9 Å². The number of hydrogen-bond acceptors (Lipinski definition) is 6. The van der Waals surface area contributed by atoms with Gasteiger partial charge in [-0.15, -0.1) is 0 Å². The molecule has 3 aromatic rings. The summed E-state index contributed by atoms with van der Waals surface area (Å²) in [5.41, 5.74) is 1.25. The van der Waals surface area contributed by atoms with Crippen LogP contribution in [0.5, 0.6) is 5.75 Å². The summed E-state index contributed by atoms with van der Waals surface area (Å²) < 4.78 is 15.6. The summed E-state index contributed by atoms with van der Waals surface area (Å²) in [7, 11) is 1.59. The lowest BCUT2D eigenvalue weighted by atomic mass is 10.2. The minimum atomic E-state index is -0.432. The Hall–Kier alpha value is -3.09. The largest absolute Gasteiger partial charge is 0.497 e. The zero-order valence-corrected chi connectivity index (χ0v) is 13.6. The maximum atomic E-state index is 12.2. The lowest BCUT2D eigenvalue weighted by Crippen LogP contribution is -2.27. The van der Waals surface area contributed by atoms with E-state index in [4.69, 9.17) is 13.7 Å². The summed E-state index contributed by atoms with van der Waals surface area (Å²) >= 11 is 0. The van der Waals surface area contributed by atoms with Crippen molar-refractivity contribution >= 4 is 5.91 Å². The second kappa shape index (κ2) is 6.57. The van der Waals surface area contributed by atoms with Crippen LogP contribution in [0.3, 0.4) is 0 Å². The summed E-state index contributed by atoms with van der Waals surface area (Å²) in [6.07, 6.45) is 1.47. The Morgan fingerprint density at radius 2 is 2.17 bits per heavy atom. The highest BCUT2D eigenvalue weighted by molar-refractivity contribution is 5.95. The Bertz CT molecular complexity index is 853. The number of methoxy groups -OCH3 is 1. The number of rotatable bonds is 5. The van der Waals surface area contributed by atoms with Gasteiger partial charge < -0.3 is 19.0 Å². The van der Waals surface area contributed by atoms with Crippen LogP contribution in [0.1, 0.15) is 35.0 Å². The van der Waals surface area contributed by atoms with Gasteiger partial charge in [-0.05, 0) is 32.0 Å². The van der Waals surface area contributed by atoms with E-state index < -0.39 is 6.04 Å². The third kappa shape index (κ3) is 3.15. The predicted octanol–water partition coefficient (Wildman–Crippen LogP) is 3.14. The van der Waals surface area contributed by atoms with E-state index in [9.17, 15) is 4.79 Å². The number of carbonyl (C=O) groups excluding carboxylic acids is 1. The molecule has 0 spiro atoms. The average molecular weight is 327 g/mol. The van der Waals surface area contributed by atoms with Gasteiger partial charge in [0, 0.05) is 5.56 Å². The van der Waals surface area contributed by atoms with E-state index in [1.54, 1.807) is 27.0 Å². The van der Waals surface area contributed by atoms with Gasteiger partial charge in [0.1, 0.15) is 17.6 Å². The molecule has 0 aliphatic rings. The normalized spacial score (nSPS) is 12.0. The maximum absolute atomic E-state index is 12.2. The van der Waals surface area contributed by atoms with E-state index in [1.165, 1.54) is 6.26 Å². The molecule has 7 nitrogen and oxygen atoms in total. The summed E-state index contributed by atoms with van der Waals surface area (Å²) in [6.45, 7) is 3.50. The standard InChI is InChI=1S/C17H17N3O4/c1-10(18-16(21)14-7-8-23-11(14)2)17-19-15(20-24-17)12-5-4-6-13(9-12)22-3/h4-10H,1-3H3,(H,18,21)/t10-/m1/s1. The fraction of sp³-hybridized carbons (Fsp3) is 0.235. The van der Waals surface area contributed by atoms with Crippen LogP contribution in [0.15, 0.2) is 45.5 Å². The van der Waals surface area contributed by atoms with E-state index in [1.807, 2.05) is 24.3 Å². The van der Waals surface area contributed by atoms with Crippen LogP contribution in [0.25, 0.3) is 11.4 Å². The smallest absolute Gasteiger partial charge is 0.255 e. The van der Waals surface area contributed by atoms with Crippen LogP contribution in [-0.4, -0.2) is 23.2 Å². The molecule has 0 unspecified atom stereocenters. The van der Waals surface area contributed by atoms with Crippen LogP contribution < -0.4 is 10.1 Å². The summed E-state index contributed by atoms with van der Waals surface area (Å²) in [4.78, 5) is 16.5. The SMILES string of the molecule is COc1cccc(-c2noc([C@@H](C)NC(=O)c3ccoc3C)n2)c1. The number of nitrogens with one attached hydrogen (secondary N) is 1. The van der Waals surface area contributed by atoms with Crippen molar-refractivity contribution in [3.8, 4) is 17.1 Å². The van der Waals surface area contributed by atoms with E-state index in [-0.39, 0.29) is 5.91 Å². The molecule has 1 amide bonds. The Morgan fingerprint density at radius 3 is 2.88 bits per heavy atom. The molecule has 2 heterocycles. The van der Waals surface area contributed by atoms with Crippen molar-refractivity contribution in [2.75, 3.05) is 7.11 Å². The third-order valence-electron chi connectivity index (χ3n) is 3.59. The van der Waals surface area contributed by atoms with Gasteiger partial charge in [0.05, 0.1) is 18.9 Å². The molecule has 2 aromatic heterocycles. The van der Waals surface area contributed by atoms with Crippen LogP contribution in [0.2, 0.25) is 0 Å². The van der Waals surface area contributed by atoms with Gasteiger partial charge in [0.15, 0.2) is 0 Å². The molecule has 1 atom stereocenters. The lowest BCUT2D eigenvalue weighted by molar-refractivity contribution is 0.0931. The number of hydrogen-bond donors (Lipinski definition) is 1. The zero-order chi connectivity index (χ0) is 17.1. The van der Waals surface area contributed by atoms with Gasteiger partial charge >= 0.3 is 0 Å². The topological polar surface area (TPSA) is 90.4 Å². The van der Waals surface area contributed by atoms with Gasteiger partial charge in [-0.3, -0.25) is 4.79 Å². The van der Waals surface area contributed by atoms with Gasteiger partial charge in [-0.25, -0.2) is 0 Å². The molecule has 0 saturated heterocycles. The van der Waals surface area contributed by atoms with Gasteiger partial charge in [-0.2, -0.15) is 4.98 Å². The lowest BCUT2D eigenvalue weighted by Gasteiger charge is -2.08. The molecule has 7 heteroatoms. The van der Waals surface area contributed by atoms with E-state index in [0.717, 1.165) is 5.56 Å². The quantitative estimate of drug-likeness (QED) is 0.774. The second-order valence-corrected chi connectivity index (χ2v) is 5.27. The van der Waals surface area contributed by atoms with E-state index in [0.29, 0.717) is 28.8 Å². The molecule has 0 fully saturated rings. The second-order valence-electron chi connectivity index (χ2n) is 5.27.